The maximum absolute atomic E-state index is 13.8. The monoisotopic (exact) mass is 298 g/mol. The predicted octanol–water partition coefficient (Wildman–Crippen LogP) is 3.17. The molecule has 1 fully saturated rings. The molecule has 0 saturated heterocycles. The van der Waals surface area contributed by atoms with Gasteiger partial charge in [-0.3, -0.25) is 4.79 Å². The first kappa shape index (κ1) is 15.3. The van der Waals surface area contributed by atoms with Crippen LogP contribution in [0.5, 0.6) is 0 Å². The van der Waals surface area contributed by atoms with Crippen LogP contribution in [0, 0.1) is 11.7 Å². The van der Waals surface area contributed by atoms with E-state index in [1.807, 2.05) is 0 Å². The number of benzene rings is 1. The molecule has 3 atom stereocenters. The fraction of sp³-hybridized carbons (Fsp3) is 0.533. The Morgan fingerprint density at radius 2 is 2.30 bits per heavy atom. The van der Waals surface area contributed by atoms with E-state index in [1.165, 1.54) is 6.07 Å². The topological polar surface area (TPSA) is 55.1 Å². The first-order valence-corrected chi connectivity index (χ1v) is 7.35. The molecule has 0 aromatic heterocycles. The highest BCUT2D eigenvalue weighted by Gasteiger charge is 2.27. The minimum atomic E-state index is -0.450. The van der Waals surface area contributed by atoms with Crippen molar-refractivity contribution in [1.29, 1.82) is 0 Å². The molecule has 1 aliphatic rings. The van der Waals surface area contributed by atoms with Gasteiger partial charge in [0, 0.05) is 23.0 Å². The van der Waals surface area contributed by atoms with E-state index < -0.39 is 11.9 Å². The molecule has 5 heteroatoms. The van der Waals surface area contributed by atoms with Crippen molar-refractivity contribution in [3.8, 4) is 0 Å². The van der Waals surface area contributed by atoms with E-state index in [-0.39, 0.29) is 17.9 Å². The van der Waals surface area contributed by atoms with Crippen LogP contribution in [0.25, 0.3) is 0 Å². The molecule has 0 radical (unpaired) electrons. The molecular formula is C15H20ClFN2O. The molecule has 1 unspecified atom stereocenters. The van der Waals surface area contributed by atoms with Gasteiger partial charge in [0.05, 0.1) is 6.04 Å². The minimum absolute atomic E-state index is 0.0980. The van der Waals surface area contributed by atoms with Gasteiger partial charge < -0.3 is 11.1 Å². The Bertz CT molecular complexity index is 475. The summed E-state index contributed by atoms with van der Waals surface area (Å²) >= 11 is 5.99. The van der Waals surface area contributed by atoms with Crippen molar-refractivity contribution in [2.75, 3.05) is 0 Å². The summed E-state index contributed by atoms with van der Waals surface area (Å²) < 4.78 is 13.8. The number of hydrogen-bond donors (Lipinski definition) is 2. The van der Waals surface area contributed by atoms with E-state index in [9.17, 15) is 9.18 Å². The van der Waals surface area contributed by atoms with Crippen LogP contribution in [0.2, 0.25) is 5.02 Å². The van der Waals surface area contributed by atoms with Crippen molar-refractivity contribution in [3.05, 3.63) is 34.6 Å². The van der Waals surface area contributed by atoms with Gasteiger partial charge in [0.25, 0.3) is 0 Å². The van der Waals surface area contributed by atoms with Gasteiger partial charge in [0.1, 0.15) is 5.82 Å². The molecular weight excluding hydrogens is 279 g/mol. The molecule has 1 amide bonds. The molecule has 0 aliphatic heterocycles. The third-order valence-corrected chi connectivity index (χ3v) is 4.31. The molecule has 0 bridgehead atoms. The highest BCUT2D eigenvalue weighted by molar-refractivity contribution is 6.31. The van der Waals surface area contributed by atoms with Gasteiger partial charge in [0.2, 0.25) is 5.91 Å². The largest absolute Gasteiger partial charge is 0.349 e. The van der Waals surface area contributed by atoms with Crippen LogP contribution in [-0.2, 0) is 4.79 Å². The van der Waals surface area contributed by atoms with Gasteiger partial charge in [-0.15, -0.1) is 0 Å². The highest BCUT2D eigenvalue weighted by atomic mass is 35.5. The van der Waals surface area contributed by atoms with Crippen LogP contribution < -0.4 is 11.1 Å². The Hall–Kier alpha value is -1.13. The third kappa shape index (κ3) is 3.49. The van der Waals surface area contributed by atoms with Crippen LogP contribution in [0.4, 0.5) is 4.39 Å². The van der Waals surface area contributed by atoms with E-state index in [0.717, 1.165) is 19.3 Å². The molecule has 0 heterocycles. The molecule has 1 aliphatic carbocycles. The second-order valence-corrected chi connectivity index (χ2v) is 5.89. The molecule has 1 aromatic carbocycles. The Morgan fingerprint density at radius 3 is 2.90 bits per heavy atom. The van der Waals surface area contributed by atoms with Gasteiger partial charge in [-0.2, -0.15) is 0 Å². The number of hydrogen-bond acceptors (Lipinski definition) is 2. The summed E-state index contributed by atoms with van der Waals surface area (Å²) in [5.74, 6) is -0.264. The second kappa shape index (κ2) is 6.55. The van der Waals surface area contributed by atoms with E-state index in [2.05, 4.69) is 5.32 Å². The Morgan fingerprint density at radius 1 is 1.55 bits per heavy atom. The summed E-state index contributed by atoms with van der Waals surface area (Å²) in [6, 6.07) is 4.17. The summed E-state index contributed by atoms with van der Waals surface area (Å²) in [4.78, 5) is 12.0. The Kier molecular flexibility index (Phi) is 5.00. The fourth-order valence-corrected chi connectivity index (χ4v) is 3.18. The zero-order valence-electron chi connectivity index (χ0n) is 11.5. The summed E-state index contributed by atoms with van der Waals surface area (Å²) in [6.45, 7) is 1.73. The third-order valence-electron chi connectivity index (χ3n) is 3.98. The maximum Gasteiger partial charge on any atom is 0.220 e. The average Bonchev–Trinajstić information content (AvgIpc) is 2.74. The zero-order chi connectivity index (χ0) is 14.7. The van der Waals surface area contributed by atoms with Crippen molar-refractivity contribution in [3.63, 3.8) is 0 Å². The molecule has 110 valence electrons. The van der Waals surface area contributed by atoms with E-state index in [4.69, 9.17) is 17.3 Å². The summed E-state index contributed by atoms with van der Waals surface area (Å²) in [5, 5.41) is 3.14. The predicted molar refractivity (Wildman–Crippen MR) is 77.9 cm³/mol. The van der Waals surface area contributed by atoms with E-state index in [1.54, 1.807) is 19.1 Å². The number of amides is 1. The van der Waals surface area contributed by atoms with E-state index in [0.29, 0.717) is 17.0 Å². The SMILES string of the molecule is CC(NC(=O)C[C@@H]1CCC[C@H]1N)c1c(F)cccc1Cl. The van der Waals surface area contributed by atoms with Crippen LogP contribution >= 0.6 is 11.6 Å². The molecule has 1 aromatic rings. The standard InChI is InChI=1S/C15H20ClFN2O/c1-9(15-11(16)5-3-6-12(15)17)19-14(20)8-10-4-2-7-13(10)18/h3,5-6,9-10,13H,2,4,7-8,18H2,1H3,(H,19,20)/t9?,10-,13+/m0/s1. The minimum Gasteiger partial charge on any atom is -0.349 e. The fourth-order valence-electron chi connectivity index (χ4n) is 2.85. The van der Waals surface area contributed by atoms with Gasteiger partial charge in [-0.1, -0.05) is 24.1 Å². The second-order valence-electron chi connectivity index (χ2n) is 5.48. The average molecular weight is 299 g/mol. The summed E-state index contributed by atoms with van der Waals surface area (Å²) in [7, 11) is 0. The van der Waals surface area contributed by atoms with Crippen LogP contribution in [0.1, 0.15) is 44.2 Å². The quantitative estimate of drug-likeness (QED) is 0.897. The summed E-state index contributed by atoms with van der Waals surface area (Å²) in [5.41, 5.74) is 6.29. The van der Waals surface area contributed by atoms with Crippen molar-refractivity contribution >= 4 is 17.5 Å². The zero-order valence-corrected chi connectivity index (χ0v) is 12.3. The number of nitrogens with one attached hydrogen (secondary N) is 1. The molecule has 3 nitrogen and oxygen atoms in total. The number of nitrogens with two attached hydrogens (primary N) is 1. The lowest BCUT2D eigenvalue weighted by Gasteiger charge is -2.19. The Labute approximate surface area is 123 Å². The molecule has 3 N–H and O–H groups in total. The van der Waals surface area contributed by atoms with Crippen LogP contribution in [0.15, 0.2) is 18.2 Å². The number of halogens is 2. The smallest absolute Gasteiger partial charge is 0.220 e. The highest BCUT2D eigenvalue weighted by Crippen LogP contribution is 2.28. The molecule has 0 spiro atoms. The van der Waals surface area contributed by atoms with Crippen molar-refractivity contribution in [1.82, 2.24) is 5.32 Å². The van der Waals surface area contributed by atoms with Gasteiger partial charge in [-0.05, 0) is 37.8 Å². The summed E-state index contributed by atoms with van der Waals surface area (Å²) in [6.07, 6.45) is 3.45. The molecule has 2 rings (SSSR count). The van der Waals surface area contributed by atoms with Crippen molar-refractivity contribution in [2.24, 2.45) is 11.7 Å². The lowest BCUT2D eigenvalue weighted by Crippen LogP contribution is -2.33. The number of carbonyl (C=O) groups is 1. The van der Waals surface area contributed by atoms with Gasteiger partial charge in [0.15, 0.2) is 0 Å². The normalized spacial score (nSPS) is 23.6. The van der Waals surface area contributed by atoms with Gasteiger partial charge >= 0.3 is 0 Å². The van der Waals surface area contributed by atoms with Gasteiger partial charge in [-0.25, -0.2) is 4.39 Å². The van der Waals surface area contributed by atoms with Crippen LogP contribution in [-0.4, -0.2) is 11.9 Å². The lowest BCUT2D eigenvalue weighted by molar-refractivity contribution is -0.122. The van der Waals surface area contributed by atoms with Crippen LogP contribution in [0.3, 0.4) is 0 Å². The first-order valence-electron chi connectivity index (χ1n) is 6.98. The molecule has 20 heavy (non-hydrogen) atoms. The lowest BCUT2D eigenvalue weighted by atomic mass is 9.99. The van der Waals surface area contributed by atoms with Crippen molar-refractivity contribution in [2.45, 2.75) is 44.7 Å². The number of rotatable bonds is 4. The van der Waals surface area contributed by atoms with Crippen molar-refractivity contribution < 1.29 is 9.18 Å². The number of carbonyl (C=O) groups excluding carboxylic acids is 1. The maximum atomic E-state index is 13.8. The first-order chi connectivity index (χ1) is 9.49. The van der Waals surface area contributed by atoms with E-state index >= 15 is 0 Å². The Balaban J connectivity index is 1.97. The molecule has 1 saturated carbocycles.